The summed E-state index contributed by atoms with van der Waals surface area (Å²) in [7, 11) is 10.1. The van der Waals surface area contributed by atoms with E-state index in [9.17, 15) is 0 Å². The predicted molar refractivity (Wildman–Crippen MR) is 376 cm³/mol. The van der Waals surface area contributed by atoms with Crippen LogP contribution in [0.3, 0.4) is 0 Å². The fourth-order valence-electron chi connectivity index (χ4n) is 18.3. The first-order valence-corrected chi connectivity index (χ1v) is 33.0. The van der Waals surface area contributed by atoms with Gasteiger partial charge in [-0.15, -0.1) is 0 Å². The van der Waals surface area contributed by atoms with E-state index in [-0.39, 0.29) is 21.7 Å². The van der Waals surface area contributed by atoms with Gasteiger partial charge in [0.05, 0.1) is 7.11 Å². The van der Waals surface area contributed by atoms with E-state index in [2.05, 4.69) is 290 Å². The molecule has 90 heavy (non-hydrogen) atoms. The Morgan fingerprint density at radius 1 is 0.389 bits per heavy atom. The fraction of sp³-hybridized carbons (Fsp3) is 0.294. The molecular weight excluding hydrogens is 1100 g/mol. The molecule has 0 saturated heterocycles. The summed E-state index contributed by atoms with van der Waals surface area (Å²) in [5.74, 6) is 2.79. The molecule has 0 N–H and O–H groups in total. The molecule has 2 spiro atoms. The van der Waals surface area contributed by atoms with Gasteiger partial charge in [0.1, 0.15) is 17.2 Å². The monoisotopic (exact) mass is 1180 g/mol. The third kappa shape index (κ3) is 9.06. The molecule has 2 heterocycles. The standard InChI is InChI=1S/C44H45NO2.C41H39NO/c1-41(2)26-42(3,4)28-43(27-41)37-16-12-11-15-34(37)38-33-22-21-32(46-7)25-36(33)40-35(39(38)43)23-24-44(47-40,29-13-9-8-10-14-29)30-17-19-31(20-18-30)45(5)6;1-42(2)31-23-21-30(22-24-31)41(29-15-7-6-8-16-29)28-25-35-38-37(32-17-9-10-18-33(32)39(35)43-41)34-19-11-12-20-36(34)40(38)26-13-4-3-5-14-27-40/h8-25H,26-28H2,1-7H3;6-12,15-25,28H,3-5,13-14,26-27H2,1-2H3. The third-order valence-electron chi connectivity index (χ3n) is 21.3. The molecule has 0 radical (unpaired) electrons. The number of hydrogen-bond donors (Lipinski definition) is 0. The van der Waals surface area contributed by atoms with Crippen molar-refractivity contribution in [3.8, 4) is 39.5 Å². The van der Waals surface area contributed by atoms with Gasteiger partial charge in [0.2, 0.25) is 0 Å². The minimum Gasteiger partial charge on any atom is -0.497 e. The zero-order chi connectivity index (χ0) is 61.8. The summed E-state index contributed by atoms with van der Waals surface area (Å²) in [5.41, 5.74) is 19.6. The number of fused-ring (bicyclic) bond motifs is 20. The lowest BCUT2D eigenvalue weighted by atomic mass is 9.52. The minimum atomic E-state index is -0.799. The maximum Gasteiger partial charge on any atom is 0.178 e. The second kappa shape index (κ2) is 21.7. The van der Waals surface area contributed by atoms with E-state index >= 15 is 0 Å². The van der Waals surface area contributed by atoms with E-state index < -0.39 is 11.2 Å². The second-order valence-corrected chi connectivity index (χ2v) is 28.8. The van der Waals surface area contributed by atoms with E-state index in [1.54, 1.807) is 7.11 Å². The Kier molecular flexibility index (Phi) is 13.9. The largest absolute Gasteiger partial charge is 0.497 e. The predicted octanol–water partition coefficient (Wildman–Crippen LogP) is 21.0. The van der Waals surface area contributed by atoms with Crippen molar-refractivity contribution in [2.75, 3.05) is 45.1 Å². The first-order chi connectivity index (χ1) is 43.6. The average molecular weight is 1180 g/mol. The van der Waals surface area contributed by atoms with Gasteiger partial charge in [0.25, 0.3) is 0 Å². The topological polar surface area (TPSA) is 34.2 Å². The van der Waals surface area contributed by atoms with Crippen molar-refractivity contribution < 1.29 is 14.2 Å². The molecular formula is C85H84N2O3. The maximum absolute atomic E-state index is 7.61. The Labute approximate surface area is 533 Å². The first-order valence-electron chi connectivity index (χ1n) is 33.0. The van der Waals surface area contributed by atoms with E-state index in [4.69, 9.17) is 14.2 Å². The quantitative estimate of drug-likeness (QED) is 0.159. The Morgan fingerprint density at radius 3 is 1.30 bits per heavy atom. The molecule has 452 valence electrons. The van der Waals surface area contributed by atoms with Gasteiger partial charge in [-0.05, 0) is 153 Å². The van der Waals surface area contributed by atoms with Gasteiger partial charge in [0.15, 0.2) is 11.2 Å². The zero-order valence-corrected chi connectivity index (χ0v) is 54.1. The van der Waals surface area contributed by atoms with Crippen molar-refractivity contribution >= 4 is 45.1 Å². The van der Waals surface area contributed by atoms with Crippen LogP contribution in [0.15, 0.2) is 212 Å². The summed E-state index contributed by atoms with van der Waals surface area (Å²) in [6.45, 7) is 9.88. The normalized spacial score (nSPS) is 20.6. The summed E-state index contributed by atoms with van der Waals surface area (Å²) >= 11 is 0. The van der Waals surface area contributed by atoms with Crippen LogP contribution in [0.5, 0.6) is 17.2 Å². The lowest BCUT2D eigenvalue weighted by molar-refractivity contribution is 0.0642. The van der Waals surface area contributed by atoms with Crippen molar-refractivity contribution in [3.63, 3.8) is 0 Å². The molecule has 2 atom stereocenters. The first kappa shape index (κ1) is 57.6. The fourth-order valence-corrected chi connectivity index (χ4v) is 18.3. The van der Waals surface area contributed by atoms with E-state index in [1.807, 2.05) is 0 Å². The van der Waals surface area contributed by atoms with Crippen molar-refractivity contribution in [3.05, 3.63) is 268 Å². The number of nitrogens with zero attached hydrogens (tertiary/aromatic N) is 2. The van der Waals surface area contributed by atoms with Gasteiger partial charge in [-0.25, -0.2) is 0 Å². The summed E-state index contributed by atoms with van der Waals surface area (Å²) in [6, 6.07) is 73.1. The van der Waals surface area contributed by atoms with Gasteiger partial charge in [-0.1, -0.05) is 230 Å². The van der Waals surface area contributed by atoms with Crippen molar-refractivity contribution in [2.24, 2.45) is 10.8 Å². The van der Waals surface area contributed by atoms with Gasteiger partial charge < -0.3 is 24.0 Å². The summed E-state index contributed by atoms with van der Waals surface area (Å²) in [5, 5.41) is 4.82. The number of anilines is 2. The number of benzene rings is 10. The second-order valence-electron chi connectivity index (χ2n) is 28.8. The van der Waals surface area contributed by atoms with Crippen LogP contribution < -0.4 is 24.0 Å². The Balaban J connectivity index is 0.000000151. The van der Waals surface area contributed by atoms with Crippen LogP contribution >= 0.6 is 0 Å². The summed E-state index contributed by atoms with van der Waals surface area (Å²) in [6.07, 6.45) is 21.8. The number of methoxy groups -OCH3 is 1. The highest BCUT2D eigenvalue weighted by Crippen LogP contribution is 2.68. The van der Waals surface area contributed by atoms with Crippen molar-refractivity contribution in [2.45, 2.75) is 114 Å². The highest BCUT2D eigenvalue weighted by atomic mass is 16.5. The molecule has 2 aliphatic heterocycles. The van der Waals surface area contributed by atoms with Crippen LogP contribution in [-0.2, 0) is 22.0 Å². The molecule has 16 rings (SSSR count). The van der Waals surface area contributed by atoms with Crippen molar-refractivity contribution in [1.29, 1.82) is 0 Å². The van der Waals surface area contributed by atoms with Crippen LogP contribution in [0.1, 0.15) is 148 Å². The lowest BCUT2D eigenvalue weighted by Crippen LogP contribution is -2.44. The van der Waals surface area contributed by atoms with E-state index in [0.717, 1.165) is 63.4 Å². The number of rotatable bonds is 7. The lowest BCUT2D eigenvalue weighted by Gasteiger charge is -2.52. The zero-order valence-electron chi connectivity index (χ0n) is 54.1. The molecule has 0 aromatic heterocycles. The number of ether oxygens (including phenoxy) is 3. The van der Waals surface area contributed by atoms with E-state index in [1.165, 1.54) is 129 Å². The smallest absolute Gasteiger partial charge is 0.178 e. The Bertz CT molecular complexity index is 4450. The number of hydrogen-bond acceptors (Lipinski definition) is 5. The molecule has 2 saturated carbocycles. The molecule has 6 aliphatic rings. The Morgan fingerprint density at radius 2 is 0.800 bits per heavy atom. The molecule has 5 nitrogen and oxygen atoms in total. The van der Waals surface area contributed by atoms with Crippen LogP contribution in [-0.4, -0.2) is 35.3 Å². The average Bonchev–Trinajstić information content (AvgIpc) is 1.49. The summed E-state index contributed by atoms with van der Waals surface area (Å²) in [4.78, 5) is 4.29. The molecule has 4 aliphatic carbocycles. The van der Waals surface area contributed by atoms with Gasteiger partial charge in [-0.2, -0.15) is 0 Å². The molecule has 10 aromatic rings. The van der Waals surface area contributed by atoms with E-state index in [0.29, 0.717) is 0 Å². The van der Waals surface area contributed by atoms with Crippen LogP contribution in [0.2, 0.25) is 0 Å². The molecule has 2 unspecified atom stereocenters. The van der Waals surface area contributed by atoms with Crippen molar-refractivity contribution in [1.82, 2.24) is 0 Å². The highest BCUT2D eigenvalue weighted by molar-refractivity contribution is 6.10. The molecule has 5 heteroatoms. The highest BCUT2D eigenvalue weighted by Gasteiger charge is 2.56. The minimum absolute atomic E-state index is 0.0221. The van der Waals surface area contributed by atoms with Crippen LogP contribution in [0, 0.1) is 10.8 Å². The van der Waals surface area contributed by atoms with Gasteiger partial charge in [-0.3, -0.25) is 0 Å². The third-order valence-corrected chi connectivity index (χ3v) is 21.3. The molecule has 0 bridgehead atoms. The Hall–Kier alpha value is -8.80. The molecule has 0 amide bonds. The van der Waals surface area contributed by atoms with Gasteiger partial charge >= 0.3 is 0 Å². The summed E-state index contributed by atoms with van der Waals surface area (Å²) < 4.78 is 21.0. The maximum atomic E-state index is 7.61. The molecule has 2 fully saturated rings. The molecule has 10 aromatic carbocycles. The van der Waals surface area contributed by atoms with Gasteiger partial charge in [0, 0.05) is 94.5 Å². The SMILES string of the molecule is CN(C)c1ccc(C2(c3ccccc3)C=Cc3c4c(c5ccccc5c3O2)-c2ccccc2C42CCCCCCC2)cc1.COc1ccc2c3c(c4c(c2c1)OC(c1ccccc1)(c1ccc(N(C)C)cc1)C=C4)C1(CC(C)(C)CC(C)(C)C1)c1ccccc1-3. The van der Waals surface area contributed by atoms with Crippen LogP contribution in [0.25, 0.3) is 56.0 Å². The van der Waals surface area contributed by atoms with Crippen LogP contribution in [0.4, 0.5) is 11.4 Å².